The number of nitrogens with zero attached hydrogens (tertiary/aromatic N) is 4. The second-order valence-electron chi connectivity index (χ2n) is 6.16. The van der Waals surface area contributed by atoms with Crippen molar-refractivity contribution >= 4 is 29.3 Å². The average Bonchev–Trinajstić information content (AvgIpc) is 2.64. The van der Waals surface area contributed by atoms with Crippen LogP contribution < -0.4 is 10.9 Å². The van der Waals surface area contributed by atoms with Crippen LogP contribution in [0.25, 0.3) is 11.0 Å². The van der Waals surface area contributed by atoms with E-state index in [0.29, 0.717) is 22.5 Å². The van der Waals surface area contributed by atoms with Gasteiger partial charge in [0.25, 0.3) is 5.95 Å². The molecular formula is C17H24N6O3. The van der Waals surface area contributed by atoms with Crippen molar-refractivity contribution in [3.8, 4) is 0 Å². The maximum Gasteiger partial charge on any atom is 0.262 e. The summed E-state index contributed by atoms with van der Waals surface area (Å²) in [7, 11) is 0. The van der Waals surface area contributed by atoms with Gasteiger partial charge < -0.3 is 0 Å². The van der Waals surface area contributed by atoms with Gasteiger partial charge in [-0.05, 0) is 31.0 Å². The molecule has 0 aliphatic rings. The van der Waals surface area contributed by atoms with E-state index < -0.39 is 5.92 Å². The van der Waals surface area contributed by atoms with Crippen LogP contribution >= 0.6 is 0 Å². The van der Waals surface area contributed by atoms with Gasteiger partial charge in [-0.2, -0.15) is 0 Å². The van der Waals surface area contributed by atoms with Gasteiger partial charge >= 0.3 is 0 Å². The molecule has 2 rings (SSSR count). The summed E-state index contributed by atoms with van der Waals surface area (Å²) in [6.07, 6.45) is 3.66. The van der Waals surface area contributed by atoms with Crippen molar-refractivity contribution in [3.05, 3.63) is 23.8 Å². The van der Waals surface area contributed by atoms with Gasteiger partial charge in [-0.25, -0.2) is 10.0 Å². The van der Waals surface area contributed by atoms with Gasteiger partial charge in [-0.3, -0.25) is 25.6 Å². The molecular weight excluding hydrogens is 336 g/mol. The Kier molecular flexibility index (Phi) is 7.22. The molecule has 9 heteroatoms. The molecule has 3 N–H and O–H groups in total. The van der Waals surface area contributed by atoms with E-state index >= 15 is 0 Å². The summed E-state index contributed by atoms with van der Waals surface area (Å²) < 4.78 is 0. The molecule has 0 radical (unpaired) electrons. The molecule has 0 bridgehead atoms. The molecule has 1 atom stereocenters. The van der Waals surface area contributed by atoms with Crippen LogP contribution in [0, 0.1) is 12.8 Å². The second-order valence-corrected chi connectivity index (χ2v) is 6.16. The number of hydroxylamine groups is 2. The average molecular weight is 360 g/mol. The molecule has 0 aliphatic carbocycles. The molecule has 1 unspecified atom stereocenters. The van der Waals surface area contributed by atoms with E-state index in [1.807, 2.05) is 25.1 Å². The highest BCUT2D eigenvalue weighted by Gasteiger charge is 2.20. The number of carbonyl (C=O) groups excluding carboxylic acids is 2. The van der Waals surface area contributed by atoms with Gasteiger partial charge in [0.2, 0.25) is 12.3 Å². The van der Waals surface area contributed by atoms with E-state index in [1.54, 1.807) is 0 Å². The van der Waals surface area contributed by atoms with Crippen molar-refractivity contribution in [2.45, 2.75) is 39.5 Å². The van der Waals surface area contributed by atoms with Gasteiger partial charge in [0.05, 0.1) is 18.0 Å². The molecule has 1 aromatic heterocycles. The predicted octanol–water partition coefficient (Wildman–Crippen LogP) is 1.82. The minimum absolute atomic E-state index is 0.0727. The number of benzene rings is 1. The molecule has 2 amide bonds. The lowest BCUT2D eigenvalue weighted by Gasteiger charge is -2.19. The third kappa shape index (κ3) is 5.62. The predicted molar refractivity (Wildman–Crippen MR) is 96.0 cm³/mol. The van der Waals surface area contributed by atoms with Gasteiger partial charge in [0.1, 0.15) is 5.52 Å². The van der Waals surface area contributed by atoms with E-state index in [4.69, 9.17) is 0 Å². The second kappa shape index (κ2) is 9.62. The number of nitrogens with one attached hydrogen (secondary N) is 2. The van der Waals surface area contributed by atoms with Crippen LogP contribution in [-0.4, -0.2) is 44.3 Å². The number of amides is 2. The molecule has 0 spiro atoms. The molecule has 0 saturated carbocycles. The van der Waals surface area contributed by atoms with Crippen LogP contribution in [0.3, 0.4) is 0 Å². The first-order valence-electron chi connectivity index (χ1n) is 8.61. The first kappa shape index (κ1) is 19.5. The number of hydrogen-bond donors (Lipinski definition) is 3. The van der Waals surface area contributed by atoms with Gasteiger partial charge in [-0.15, -0.1) is 10.2 Å². The molecule has 1 aromatic carbocycles. The number of anilines is 1. The Morgan fingerprint density at radius 1 is 1.31 bits per heavy atom. The Morgan fingerprint density at radius 2 is 2.12 bits per heavy atom. The third-order valence-corrected chi connectivity index (χ3v) is 3.96. The van der Waals surface area contributed by atoms with Crippen molar-refractivity contribution in [1.82, 2.24) is 25.7 Å². The summed E-state index contributed by atoms with van der Waals surface area (Å²) in [5.41, 5.74) is 7.54. The lowest BCUT2D eigenvalue weighted by Crippen LogP contribution is -2.40. The Labute approximate surface area is 151 Å². The zero-order chi connectivity index (χ0) is 18.9. The molecule has 0 saturated heterocycles. The fraction of sp³-hybridized carbons (Fsp3) is 0.471. The van der Waals surface area contributed by atoms with Gasteiger partial charge in [0, 0.05) is 0 Å². The van der Waals surface area contributed by atoms with Crippen molar-refractivity contribution in [3.63, 3.8) is 0 Å². The molecule has 140 valence electrons. The number of hydrazine groups is 1. The minimum atomic E-state index is -0.542. The highest BCUT2D eigenvalue weighted by molar-refractivity contribution is 5.80. The summed E-state index contributed by atoms with van der Waals surface area (Å²) in [5.74, 6) is -0.727. The Morgan fingerprint density at radius 3 is 2.85 bits per heavy atom. The SMILES string of the molecule is CCCCCC(CN(O)C=O)C(=O)NNc1nnc2ccc(C)cc2n1. The minimum Gasteiger partial charge on any atom is -0.286 e. The van der Waals surface area contributed by atoms with Crippen molar-refractivity contribution < 1.29 is 14.8 Å². The zero-order valence-electron chi connectivity index (χ0n) is 15.0. The summed E-state index contributed by atoms with van der Waals surface area (Å²) in [5, 5.41) is 17.8. The van der Waals surface area contributed by atoms with Crippen LogP contribution in [0.4, 0.5) is 5.95 Å². The molecule has 2 aromatic rings. The number of aromatic nitrogens is 3. The van der Waals surface area contributed by atoms with Crippen molar-refractivity contribution in [1.29, 1.82) is 0 Å². The lowest BCUT2D eigenvalue weighted by atomic mass is 10.0. The largest absolute Gasteiger partial charge is 0.286 e. The highest BCUT2D eigenvalue weighted by atomic mass is 16.5. The zero-order valence-corrected chi connectivity index (χ0v) is 15.0. The van der Waals surface area contributed by atoms with E-state index in [0.717, 1.165) is 24.8 Å². The number of fused-ring (bicyclic) bond motifs is 1. The van der Waals surface area contributed by atoms with Gasteiger partial charge in [-0.1, -0.05) is 32.3 Å². The van der Waals surface area contributed by atoms with Crippen LogP contribution in [0.5, 0.6) is 0 Å². The monoisotopic (exact) mass is 360 g/mol. The number of carbonyl (C=O) groups is 2. The maximum atomic E-state index is 12.4. The Balaban J connectivity index is 1.99. The van der Waals surface area contributed by atoms with E-state index in [1.165, 1.54) is 0 Å². The summed E-state index contributed by atoms with van der Waals surface area (Å²) in [6, 6.07) is 5.62. The van der Waals surface area contributed by atoms with E-state index in [9.17, 15) is 14.8 Å². The summed E-state index contributed by atoms with van der Waals surface area (Å²) in [4.78, 5) is 27.3. The van der Waals surface area contributed by atoms with Crippen LogP contribution in [0.2, 0.25) is 0 Å². The summed E-state index contributed by atoms with van der Waals surface area (Å²) in [6.45, 7) is 3.94. The fourth-order valence-electron chi connectivity index (χ4n) is 2.53. The van der Waals surface area contributed by atoms with E-state index in [-0.39, 0.29) is 24.8 Å². The first-order valence-corrected chi connectivity index (χ1v) is 8.61. The molecule has 9 nitrogen and oxygen atoms in total. The van der Waals surface area contributed by atoms with E-state index in [2.05, 4.69) is 33.0 Å². The lowest BCUT2D eigenvalue weighted by molar-refractivity contribution is -0.154. The number of rotatable bonds is 10. The van der Waals surface area contributed by atoms with Crippen LogP contribution in [-0.2, 0) is 9.59 Å². The third-order valence-electron chi connectivity index (χ3n) is 3.96. The van der Waals surface area contributed by atoms with Crippen LogP contribution in [0.15, 0.2) is 18.2 Å². The fourth-order valence-corrected chi connectivity index (χ4v) is 2.53. The quantitative estimate of drug-likeness (QED) is 0.256. The maximum absolute atomic E-state index is 12.4. The molecule has 0 fully saturated rings. The van der Waals surface area contributed by atoms with Gasteiger partial charge in [0.15, 0.2) is 0 Å². The molecule has 0 aliphatic heterocycles. The standard InChI is InChI=1S/C17H24N6O3/c1-3-4-5-6-13(10-23(26)11-24)16(25)20-22-17-18-15-9-12(2)7-8-14(15)19-21-17/h7-9,11,13,26H,3-6,10H2,1-2H3,(H,20,25)(H,18,21,22). The topological polar surface area (TPSA) is 120 Å². The highest BCUT2D eigenvalue weighted by Crippen LogP contribution is 2.13. The first-order chi connectivity index (χ1) is 12.5. The van der Waals surface area contributed by atoms with Crippen molar-refractivity contribution in [2.75, 3.05) is 12.0 Å². The van der Waals surface area contributed by atoms with Crippen LogP contribution in [0.1, 0.15) is 38.2 Å². The molecule has 1 heterocycles. The number of unbranched alkanes of at least 4 members (excludes halogenated alkanes) is 2. The number of hydrogen-bond acceptors (Lipinski definition) is 7. The Bertz CT molecular complexity index is 754. The normalized spacial score (nSPS) is 11.8. The number of aryl methyl sites for hydroxylation is 1. The Hall–Kier alpha value is -2.81. The molecule has 26 heavy (non-hydrogen) atoms. The summed E-state index contributed by atoms with van der Waals surface area (Å²) >= 11 is 0. The van der Waals surface area contributed by atoms with Crippen molar-refractivity contribution in [2.24, 2.45) is 5.92 Å². The smallest absolute Gasteiger partial charge is 0.262 e.